The Labute approximate surface area is 214 Å². The molecule has 7 nitrogen and oxygen atoms in total. The molecule has 2 aliphatic rings. The number of methoxy groups -OCH3 is 1. The van der Waals surface area contributed by atoms with E-state index in [-0.39, 0.29) is 17.9 Å². The predicted octanol–water partition coefficient (Wildman–Crippen LogP) is 5.25. The Morgan fingerprint density at radius 2 is 1.89 bits per heavy atom. The van der Waals surface area contributed by atoms with Gasteiger partial charge in [0.15, 0.2) is 0 Å². The van der Waals surface area contributed by atoms with Crippen LogP contribution in [0.1, 0.15) is 74.6 Å². The number of benzene rings is 2. The second-order valence-electron chi connectivity index (χ2n) is 11.6. The molecule has 36 heavy (non-hydrogen) atoms. The van der Waals surface area contributed by atoms with Gasteiger partial charge in [-0.2, -0.15) is 0 Å². The molecule has 0 aliphatic heterocycles. The van der Waals surface area contributed by atoms with Gasteiger partial charge < -0.3 is 25.0 Å². The Bertz CT molecular complexity index is 1120. The lowest BCUT2D eigenvalue weighted by Gasteiger charge is -2.27. The second kappa shape index (κ2) is 10.5. The Morgan fingerprint density at radius 1 is 1.11 bits per heavy atom. The van der Waals surface area contributed by atoms with E-state index in [4.69, 9.17) is 29.5 Å². The molecule has 0 radical (unpaired) electrons. The number of nitrogens with two attached hydrogens (primary N) is 1. The number of rotatable bonds is 8. The molecule has 2 aliphatic carbocycles. The van der Waals surface area contributed by atoms with Crippen LogP contribution in [0.25, 0.3) is 0 Å². The number of aryl methyl sites for hydroxylation is 1. The van der Waals surface area contributed by atoms with E-state index in [0.29, 0.717) is 25.4 Å². The van der Waals surface area contributed by atoms with Crippen molar-refractivity contribution < 1.29 is 28.3 Å². The van der Waals surface area contributed by atoms with Crippen molar-refractivity contribution >= 4 is 7.82 Å². The molecule has 0 saturated heterocycles. The maximum atomic E-state index is 11.1. The van der Waals surface area contributed by atoms with Gasteiger partial charge in [-0.25, -0.2) is 4.57 Å². The van der Waals surface area contributed by atoms with Gasteiger partial charge in [-0.1, -0.05) is 45.0 Å². The van der Waals surface area contributed by atoms with Crippen LogP contribution >= 0.6 is 7.82 Å². The van der Waals surface area contributed by atoms with Crippen LogP contribution in [-0.2, 0) is 27.3 Å². The molecule has 0 unspecified atom stereocenters. The summed E-state index contributed by atoms with van der Waals surface area (Å²) >= 11 is 0. The van der Waals surface area contributed by atoms with Gasteiger partial charge in [-0.05, 0) is 84.1 Å². The summed E-state index contributed by atoms with van der Waals surface area (Å²) in [4.78, 5) is 18.0. The third-order valence-electron chi connectivity index (χ3n) is 7.66. The van der Waals surface area contributed by atoms with Crippen LogP contribution in [0.5, 0.6) is 11.5 Å². The average molecular weight is 518 g/mol. The largest absolute Gasteiger partial charge is 0.496 e. The Hall–Kier alpha value is -1.89. The topological polar surface area (TPSA) is 111 Å². The van der Waals surface area contributed by atoms with E-state index in [1.165, 1.54) is 22.3 Å². The van der Waals surface area contributed by atoms with E-state index < -0.39 is 13.4 Å². The zero-order chi connectivity index (χ0) is 26.1. The number of ether oxygens (including phenoxy) is 2. The minimum atomic E-state index is -4.51. The van der Waals surface area contributed by atoms with Crippen LogP contribution in [0.15, 0.2) is 36.4 Å². The summed E-state index contributed by atoms with van der Waals surface area (Å²) in [6.45, 7) is 7.09. The first kappa shape index (κ1) is 27.2. The molecule has 0 heterocycles. The van der Waals surface area contributed by atoms with Crippen molar-refractivity contribution in [1.82, 2.24) is 0 Å². The average Bonchev–Trinajstić information content (AvgIpc) is 3.22. The highest BCUT2D eigenvalue weighted by molar-refractivity contribution is 7.46. The summed E-state index contributed by atoms with van der Waals surface area (Å²) in [6, 6.07) is 12.9. The maximum absolute atomic E-state index is 11.1. The fourth-order valence-corrected chi connectivity index (χ4v) is 6.05. The minimum absolute atomic E-state index is 0.0106. The van der Waals surface area contributed by atoms with Crippen LogP contribution in [0.4, 0.5) is 0 Å². The Balaban J connectivity index is 1.34. The molecule has 8 heteroatoms. The molecule has 0 amide bonds. The van der Waals surface area contributed by atoms with Crippen molar-refractivity contribution in [3.05, 3.63) is 58.7 Å². The van der Waals surface area contributed by atoms with Gasteiger partial charge >= 0.3 is 7.82 Å². The van der Waals surface area contributed by atoms with Gasteiger partial charge in [0.25, 0.3) is 0 Å². The smallest absolute Gasteiger partial charge is 0.469 e. The summed E-state index contributed by atoms with van der Waals surface area (Å²) < 4.78 is 27.6. The molecule has 2 aromatic carbocycles. The SMILES string of the molecule is COc1cc(OC[C@@H]2CCc3cc([C@H]4CC[C@](N)(COP(=O)(O)O)C4)ccc3C2)ccc1C(C)(C)C. The molecule has 0 aromatic heterocycles. The lowest BCUT2D eigenvalue weighted by atomic mass is 9.82. The van der Waals surface area contributed by atoms with Crippen LogP contribution in [0, 0.1) is 5.92 Å². The van der Waals surface area contributed by atoms with Crippen LogP contribution < -0.4 is 15.2 Å². The molecule has 0 bridgehead atoms. The number of fused-ring (bicyclic) bond motifs is 1. The number of hydrogen-bond donors (Lipinski definition) is 3. The van der Waals surface area contributed by atoms with E-state index in [0.717, 1.165) is 37.2 Å². The van der Waals surface area contributed by atoms with E-state index >= 15 is 0 Å². The molecule has 198 valence electrons. The van der Waals surface area contributed by atoms with Crippen molar-refractivity contribution in [3.8, 4) is 11.5 Å². The summed E-state index contributed by atoms with van der Waals surface area (Å²) in [5, 5.41) is 0. The zero-order valence-electron chi connectivity index (χ0n) is 21.8. The van der Waals surface area contributed by atoms with E-state index in [2.05, 4.69) is 45.0 Å². The maximum Gasteiger partial charge on any atom is 0.469 e. The van der Waals surface area contributed by atoms with Gasteiger partial charge in [0.05, 0.1) is 20.3 Å². The molecule has 4 rings (SSSR count). The van der Waals surface area contributed by atoms with Gasteiger partial charge in [0, 0.05) is 11.6 Å². The highest BCUT2D eigenvalue weighted by Gasteiger charge is 2.38. The van der Waals surface area contributed by atoms with Crippen molar-refractivity contribution in [2.75, 3.05) is 20.3 Å². The van der Waals surface area contributed by atoms with E-state index in [1.807, 2.05) is 12.1 Å². The highest BCUT2D eigenvalue weighted by Crippen LogP contribution is 2.44. The summed E-state index contributed by atoms with van der Waals surface area (Å²) in [6.07, 6.45) is 5.35. The third kappa shape index (κ3) is 6.70. The van der Waals surface area contributed by atoms with Gasteiger partial charge in [-0.15, -0.1) is 0 Å². The third-order valence-corrected chi connectivity index (χ3v) is 8.13. The monoisotopic (exact) mass is 517 g/mol. The van der Waals surface area contributed by atoms with Crippen LogP contribution in [0.3, 0.4) is 0 Å². The molecular formula is C28H40NO6P. The van der Waals surface area contributed by atoms with Crippen molar-refractivity contribution in [2.45, 2.75) is 76.2 Å². The zero-order valence-corrected chi connectivity index (χ0v) is 22.7. The summed E-state index contributed by atoms with van der Waals surface area (Å²) in [7, 11) is -2.81. The van der Waals surface area contributed by atoms with Crippen LogP contribution in [-0.4, -0.2) is 35.6 Å². The van der Waals surface area contributed by atoms with E-state index in [1.54, 1.807) is 7.11 Å². The molecule has 4 N–H and O–H groups in total. The lowest BCUT2D eigenvalue weighted by molar-refractivity contribution is 0.153. The first-order valence-electron chi connectivity index (χ1n) is 12.8. The fraction of sp³-hybridized carbons (Fsp3) is 0.571. The quantitative estimate of drug-likeness (QED) is 0.410. The van der Waals surface area contributed by atoms with Crippen molar-refractivity contribution in [2.24, 2.45) is 11.7 Å². The predicted molar refractivity (Wildman–Crippen MR) is 141 cm³/mol. The first-order chi connectivity index (χ1) is 16.9. The highest BCUT2D eigenvalue weighted by atomic mass is 31.2. The molecule has 2 aromatic rings. The van der Waals surface area contributed by atoms with E-state index in [9.17, 15) is 4.57 Å². The number of phosphoric acid groups is 1. The van der Waals surface area contributed by atoms with Gasteiger partial charge in [0.1, 0.15) is 11.5 Å². The van der Waals surface area contributed by atoms with Crippen LogP contribution in [0.2, 0.25) is 0 Å². The minimum Gasteiger partial charge on any atom is -0.496 e. The molecule has 1 fully saturated rings. The normalized spacial score (nSPS) is 24.4. The summed E-state index contributed by atoms with van der Waals surface area (Å²) in [5.74, 6) is 2.45. The Morgan fingerprint density at radius 3 is 2.58 bits per heavy atom. The Kier molecular flexibility index (Phi) is 7.89. The molecule has 1 saturated carbocycles. The standard InChI is InChI=1S/C28H40NO6P/c1-27(2,3)25-10-9-24(15-26(25)33-4)34-17-19-5-6-21-14-22(8-7-20(21)13-19)23-11-12-28(29,16-23)18-35-36(30,31)32/h7-10,14-15,19,23H,5-6,11-13,16-18,29H2,1-4H3,(H2,30,31,32)/t19-,23+,28-/m1/s1. The van der Waals surface area contributed by atoms with Crippen molar-refractivity contribution in [1.29, 1.82) is 0 Å². The molecular weight excluding hydrogens is 477 g/mol. The molecule has 0 spiro atoms. The fourth-order valence-electron chi connectivity index (χ4n) is 5.63. The van der Waals surface area contributed by atoms with Gasteiger partial charge in [0.2, 0.25) is 0 Å². The lowest BCUT2D eigenvalue weighted by Crippen LogP contribution is -2.41. The summed E-state index contributed by atoms with van der Waals surface area (Å²) in [5.41, 5.74) is 10.9. The first-order valence-corrected chi connectivity index (χ1v) is 14.3. The second-order valence-corrected chi connectivity index (χ2v) is 12.9. The number of phosphoric ester groups is 1. The van der Waals surface area contributed by atoms with Crippen molar-refractivity contribution in [3.63, 3.8) is 0 Å². The van der Waals surface area contributed by atoms with Gasteiger partial charge in [-0.3, -0.25) is 4.52 Å². The number of hydrogen-bond acceptors (Lipinski definition) is 5. The molecule has 3 atom stereocenters.